The van der Waals surface area contributed by atoms with Crippen molar-refractivity contribution < 1.29 is 18.0 Å². The highest BCUT2D eigenvalue weighted by molar-refractivity contribution is 6.32. The van der Waals surface area contributed by atoms with Crippen LogP contribution in [0.4, 0.5) is 18.9 Å². The molecule has 6 nitrogen and oxygen atoms in total. The van der Waals surface area contributed by atoms with Gasteiger partial charge in [0.25, 0.3) is 0 Å². The average Bonchev–Trinajstić information content (AvgIpc) is 3.16. The van der Waals surface area contributed by atoms with Crippen molar-refractivity contribution >= 4 is 23.2 Å². The summed E-state index contributed by atoms with van der Waals surface area (Å²) in [6.07, 6.45) is -1.56. The van der Waals surface area contributed by atoms with Crippen LogP contribution in [-0.4, -0.2) is 25.5 Å². The molecule has 0 aliphatic heterocycles. The number of aryl methyl sites for hydroxylation is 1. The fourth-order valence-corrected chi connectivity index (χ4v) is 2.91. The van der Waals surface area contributed by atoms with E-state index in [2.05, 4.69) is 15.5 Å². The standard InChI is InChI=1S/C18H17ClF3N5O/c1-11-5-3-4-6-13(11)8-26-9-14(7-23-26)24-15(28)10-27-12(2)16(19)17(25-27)18(20,21)22/h3-7,9H,8,10H2,1-2H3,(H,24,28). The van der Waals surface area contributed by atoms with Crippen LogP contribution in [0.3, 0.4) is 0 Å². The van der Waals surface area contributed by atoms with Gasteiger partial charge in [0, 0.05) is 6.20 Å². The largest absolute Gasteiger partial charge is 0.436 e. The van der Waals surface area contributed by atoms with Crippen molar-refractivity contribution in [3.8, 4) is 0 Å². The Morgan fingerprint density at radius 2 is 1.96 bits per heavy atom. The second kappa shape index (κ2) is 7.67. The maximum absolute atomic E-state index is 12.9. The number of alkyl halides is 3. The number of rotatable bonds is 5. The monoisotopic (exact) mass is 411 g/mol. The van der Waals surface area contributed by atoms with Crippen molar-refractivity contribution in [2.24, 2.45) is 0 Å². The lowest BCUT2D eigenvalue weighted by Gasteiger charge is -2.06. The molecule has 0 atom stereocenters. The average molecular weight is 412 g/mol. The van der Waals surface area contributed by atoms with Crippen LogP contribution in [-0.2, 0) is 24.1 Å². The van der Waals surface area contributed by atoms with Gasteiger partial charge in [-0.05, 0) is 25.0 Å². The van der Waals surface area contributed by atoms with Gasteiger partial charge in [-0.2, -0.15) is 23.4 Å². The van der Waals surface area contributed by atoms with E-state index in [1.54, 1.807) is 10.9 Å². The van der Waals surface area contributed by atoms with Crippen molar-refractivity contribution in [3.63, 3.8) is 0 Å². The number of benzene rings is 1. The summed E-state index contributed by atoms with van der Waals surface area (Å²) in [5.74, 6) is -0.536. The Morgan fingerprint density at radius 1 is 1.25 bits per heavy atom. The summed E-state index contributed by atoms with van der Waals surface area (Å²) in [5.41, 5.74) is 1.51. The van der Waals surface area contributed by atoms with Gasteiger partial charge in [0.15, 0.2) is 5.69 Å². The van der Waals surface area contributed by atoms with Crippen LogP contribution in [0.1, 0.15) is 22.5 Å². The number of carbonyl (C=O) groups is 1. The molecule has 28 heavy (non-hydrogen) atoms. The molecule has 0 aliphatic rings. The molecule has 3 rings (SSSR count). The van der Waals surface area contributed by atoms with E-state index in [1.807, 2.05) is 31.2 Å². The Balaban J connectivity index is 1.66. The number of hydrogen-bond acceptors (Lipinski definition) is 3. The zero-order valence-corrected chi connectivity index (χ0v) is 15.8. The van der Waals surface area contributed by atoms with E-state index in [0.29, 0.717) is 12.2 Å². The van der Waals surface area contributed by atoms with Gasteiger partial charge in [0.1, 0.15) is 6.54 Å². The Kier molecular flexibility index (Phi) is 5.46. The second-order valence-corrected chi connectivity index (χ2v) is 6.68. The molecule has 2 heterocycles. The molecule has 0 fully saturated rings. The molecule has 0 aliphatic carbocycles. The molecule has 2 aromatic heterocycles. The number of anilines is 1. The van der Waals surface area contributed by atoms with Crippen LogP contribution in [0.25, 0.3) is 0 Å². The third-order valence-corrected chi connectivity index (χ3v) is 4.66. The molecular formula is C18H17ClF3N5O. The number of halogens is 4. The van der Waals surface area contributed by atoms with E-state index in [1.165, 1.54) is 13.1 Å². The molecule has 0 spiro atoms. The number of aromatic nitrogens is 4. The minimum Gasteiger partial charge on any atom is -0.322 e. The van der Waals surface area contributed by atoms with Gasteiger partial charge in [-0.1, -0.05) is 35.9 Å². The first-order valence-corrected chi connectivity index (χ1v) is 8.70. The highest BCUT2D eigenvalue weighted by Crippen LogP contribution is 2.35. The maximum atomic E-state index is 12.9. The summed E-state index contributed by atoms with van der Waals surface area (Å²) in [6, 6.07) is 7.86. The predicted octanol–water partition coefficient (Wildman–Crippen LogP) is 4.06. The zero-order valence-electron chi connectivity index (χ0n) is 15.1. The molecule has 0 unspecified atom stereocenters. The molecule has 1 amide bonds. The van der Waals surface area contributed by atoms with Gasteiger partial charge >= 0.3 is 6.18 Å². The summed E-state index contributed by atoms with van der Waals surface area (Å²) in [6.45, 7) is 3.50. The first-order chi connectivity index (χ1) is 13.1. The van der Waals surface area contributed by atoms with E-state index in [9.17, 15) is 18.0 Å². The molecule has 148 valence electrons. The quantitative estimate of drug-likeness (QED) is 0.688. The maximum Gasteiger partial charge on any atom is 0.436 e. The van der Waals surface area contributed by atoms with Gasteiger partial charge < -0.3 is 5.32 Å². The number of hydrogen-bond donors (Lipinski definition) is 1. The van der Waals surface area contributed by atoms with Crippen LogP contribution in [0.15, 0.2) is 36.7 Å². The molecule has 0 saturated carbocycles. The van der Waals surface area contributed by atoms with Gasteiger partial charge in [0.05, 0.1) is 29.1 Å². The van der Waals surface area contributed by atoms with Crippen LogP contribution in [0, 0.1) is 13.8 Å². The molecular weight excluding hydrogens is 395 g/mol. The first kappa shape index (κ1) is 19.9. The molecule has 1 aromatic carbocycles. The van der Waals surface area contributed by atoms with E-state index in [0.717, 1.165) is 15.8 Å². The Hall–Kier alpha value is -2.81. The lowest BCUT2D eigenvalue weighted by Crippen LogP contribution is -2.20. The lowest BCUT2D eigenvalue weighted by molar-refractivity contribution is -0.141. The first-order valence-electron chi connectivity index (χ1n) is 8.32. The molecule has 0 radical (unpaired) electrons. The SMILES string of the molecule is Cc1ccccc1Cn1cc(NC(=O)Cn2nc(C(F)(F)F)c(Cl)c2C)cn1. The summed E-state index contributed by atoms with van der Waals surface area (Å²) in [5, 5.41) is 9.69. The minimum atomic E-state index is -4.68. The van der Waals surface area contributed by atoms with Crippen molar-refractivity contribution in [2.75, 3.05) is 5.32 Å². The van der Waals surface area contributed by atoms with E-state index >= 15 is 0 Å². The van der Waals surface area contributed by atoms with E-state index in [4.69, 9.17) is 11.6 Å². The number of nitrogens with one attached hydrogen (secondary N) is 1. The second-order valence-electron chi connectivity index (χ2n) is 6.30. The summed E-state index contributed by atoms with van der Waals surface area (Å²) in [7, 11) is 0. The third-order valence-electron chi connectivity index (χ3n) is 4.21. The predicted molar refractivity (Wildman–Crippen MR) is 98.1 cm³/mol. The van der Waals surface area contributed by atoms with Crippen LogP contribution in [0.5, 0.6) is 0 Å². The van der Waals surface area contributed by atoms with Crippen LogP contribution in [0.2, 0.25) is 5.02 Å². The van der Waals surface area contributed by atoms with Crippen LogP contribution < -0.4 is 5.32 Å². The molecule has 10 heteroatoms. The Labute approximate surface area is 163 Å². The fraction of sp³-hybridized carbons (Fsp3) is 0.278. The Bertz CT molecular complexity index is 1010. The van der Waals surface area contributed by atoms with Crippen molar-refractivity contribution in [1.29, 1.82) is 0 Å². The third kappa shape index (κ3) is 4.36. The number of amides is 1. The van der Waals surface area contributed by atoms with Crippen molar-refractivity contribution in [1.82, 2.24) is 19.6 Å². The van der Waals surface area contributed by atoms with Gasteiger partial charge in [-0.3, -0.25) is 14.2 Å². The van der Waals surface area contributed by atoms with Crippen LogP contribution >= 0.6 is 11.6 Å². The smallest absolute Gasteiger partial charge is 0.322 e. The van der Waals surface area contributed by atoms with E-state index < -0.39 is 29.3 Å². The molecule has 0 bridgehead atoms. The fourth-order valence-electron chi connectivity index (χ4n) is 2.67. The molecule has 3 aromatic rings. The topological polar surface area (TPSA) is 64.7 Å². The summed E-state index contributed by atoms with van der Waals surface area (Å²) in [4.78, 5) is 12.2. The van der Waals surface area contributed by atoms with Gasteiger partial charge in [0.2, 0.25) is 5.91 Å². The Morgan fingerprint density at radius 3 is 2.61 bits per heavy atom. The highest BCUT2D eigenvalue weighted by atomic mass is 35.5. The van der Waals surface area contributed by atoms with Crippen molar-refractivity contribution in [3.05, 3.63) is 64.2 Å². The molecule has 1 N–H and O–H groups in total. The van der Waals surface area contributed by atoms with E-state index in [-0.39, 0.29) is 5.69 Å². The number of carbonyl (C=O) groups excluding carboxylic acids is 1. The minimum absolute atomic E-state index is 0.0689. The highest BCUT2D eigenvalue weighted by Gasteiger charge is 2.38. The normalized spacial score (nSPS) is 11.6. The summed E-state index contributed by atoms with van der Waals surface area (Å²) >= 11 is 5.69. The zero-order chi connectivity index (χ0) is 20.5. The van der Waals surface area contributed by atoms with Gasteiger partial charge in [-0.15, -0.1) is 0 Å². The number of nitrogens with zero attached hydrogens (tertiary/aromatic N) is 4. The van der Waals surface area contributed by atoms with Crippen molar-refractivity contribution in [2.45, 2.75) is 33.1 Å². The summed E-state index contributed by atoms with van der Waals surface area (Å²) < 4.78 is 41.2. The molecule has 0 saturated heterocycles. The lowest BCUT2D eigenvalue weighted by atomic mass is 10.1. The van der Waals surface area contributed by atoms with Gasteiger partial charge in [-0.25, -0.2) is 0 Å².